The number of alkyl halides is 1. The van der Waals surface area contributed by atoms with Gasteiger partial charge in [0.15, 0.2) is 0 Å². The number of phenolic OH excluding ortho intramolecular Hbond substituents is 2. The predicted octanol–water partition coefficient (Wildman–Crippen LogP) is 3.30. The van der Waals surface area contributed by atoms with Crippen LogP contribution in [0.5, 0.6) is 11.5 Å². The molecule has 0 spiro atoms. The highest BCUT2D eigenvalue weighted by Gasteiger charge is 2.14. The van der Waals surface area contributed by atoms with Gasteiger partial charge in [-0.15, -0.1) is 11.6 Å². The van der Waals surface area contributed by atoms with Gasteiger partial charge >= 0.3 is 0 Å². The number of hydrogen-bond acceptors (Lipinski definition) is 2. The second-order valence-electron chi connectivity index (χ2n) is 3.48. The number of fused-ring (bicyclic) bond motifs is 1. The monoisotopic (exact) mass is 222 g/mol. The quantitative estimate of drug-likeness (QED) is 0.574. The Morgan fingerprint density at radius 3 is 2.13 bits per heavy atom. The molecule has 0 atom stereocenters. The number of rotatable bonds is 1. The molecule has 2 aromatic carbocycles. The van der Waals surface area contributed by atoms with Crippen LogP contribution in [-0.2, 0) is 5.88 Å². The molecule has 0 saturated carbocycles. The maximum Gasteiger partial charge on any atom is 0.128 e. The number of hydrogen-bond donors (Lipinski definition) is 2. The van der Waals surface area contributed by atoms with Crippen LogP contribution in [0.4, 0.5) is 0 Å². The lowest BCUT2D eigenvalue weighted by Gasteiger charge is -2.11. The van der Waals surface area contributed by atoms with E-state index in [1.54, 1.807) is 19.1 Å². The van der Waals surface area contributed by atoms with E-state index in [2.05, 4.69) is 0 Å². The lowest BCUT2D eigenvalue weighted by Crippen LogP contribution is -1.89. The summed E-state index contributed by atoms with van der Waals surface area (Å²) >= 11 is 5.74. The largest absolute Gasteiger partial charge is 0.507 e. The van der Waals surface area contributed by atoms with Crippen LogP contribution in [0.25, 0.3) is 10.8 Å². The van der Waals surface area contributed by atoms with Crippen molar-refractivity contribution in [3.05, 3.63) is 35.4 Å². The SMILES string of the molecule is Cc1c(CCl)c(O)c2ccccc2c1O. The summed E-state index contributed by atoms with van der Waals surface area (Å²) in [7, 11) is 0. The van der Waals surface area contributed by atoms with Crippen molar-refractivity contribution >= 4 is 22.4 Å². The van der Waals surface area contributed by atoms with Crippen molar-refractivity contribution in [2.75, 3.05) is 0 Å². The van der Waals surface area contributed by atoms with Crippen LogP contribution in [0.1, 0.15) is 11.1 Å². The predicted molar refractivity (Wildman–Crippen MR) is 61.6 cm³/mol. The van der Waals surface area contributed by atoms with Gasteiger partial charge in [-0.2, -0.15) is 0 Å². The Kier molecular flexibility index (Phi) is 2.45. The first kappa shape index (κ1) is 10.1. The zero-order valence-electron chi connectivity index (χ0n) is 8.29. The lowest BCUT2D eigenvalue weighted by molar-refractivity contribution is 0.462. The molecule has 15 heavy (non-hydrogen) atoms. The van der Waals surface area contributed by atoms with Gasteiger partial charge in [0.1, 0.15) is 11.5 Å². The molecule has 0 saturated heterocycles. The summed E-state index contributed by atoms with van der Waals surface area (Å²) in [5, 5.41) is 21.2. The van der Waals surface area contributed by atoms with E-state index in [0.29, 0.717) is 21.9 Å². The molecule has 2 aromatic rings. The minimum atomic E-state index is 0.163. The highest BCUT2D eigenvalue weighted by atomic mass is 35.5. The van der Waals surface area contributed by atoms with Crippen molar-refractivity contribution < 1.29 is 10.2 Å². The minimum Gasteiger partial charge on any atom is -0.507 e. The summed E-state index contributed by atoms with van der Waals surface area (Å²) in [4.78, 5) is 0. The maximum atomic E-state index is 9.96. The maximum absolute atomic E-state index is 9.96. The zero-order valence-corrected chi connectivity index (χ0v) is 9.04. The molecule has 0 aliphatic carbocycles. The third-order valence-electron chi connectivity index (χ3n) is 2.66. The second kappa shape index (κ2) is 3.63. The highest BCUT2D eigenvalue weighted by molar-refractivity contribution is 6.17. The fraction of sp³-hybridized carbons (Fsp3) is 0.167. The zero-order chi connectivity index (χ0) is 11.0. The summed E-state index contributed by atoms with van der Waals surface area (Å²) in [6, 6.07) is 7.17. The molecule has 0 aromatic heterocycles. The van der Waals surface area contributed by atoms with Gasteiger partial charge in [-0.25, -0.2) is 0 Å². The molecular formula is C12H11ClO2. The molecule has 78 valence electrons. The first-order valence-corrected chi connectivity index (χ1v) is 5.18. The Labute approximate surface area is 92.7 Å². The van der Waals surface area contributed by atoms with Crippen LogP contribution < -0.4 is 0 Å². The van der Waals surface area contributed by atoms with Crippen molar-refractivity contribution in [1.82, 2.24) is 0 Å². The van der Waals surface area contributed by atoms with Crippen molar-refractivity contribution in [3.63, 3.8) is 0 Å². The third-order valence-corrected chi connectivity index (χ3v) is 2.93. The van der Waals surface area contributed by atoms with E-state index in [0.717, 1.165) is 0 Å². The van der Waals surface area contributed by atoms with E-state index in [4.69, 9.17) is 11.6 Å². The Morgan fingerprint density at radius 1 is 1.07 bits per heavy atom. The normalized spacial score (nSPS) is 10.8. The van der Waals surface area contributed by atoms with Crippen LogP contribution in [0, 0.1) is 6.92 Å². The summed E-state index contributed by atoms with van der Waals surface area (Å²) in [5.41, 5.74) is 1.23. The molecule has 0 radical (unpaired) electrons. The Bertz CT molecular complexity index is 521. The Morgan fingerprint density at radius 2 is 1.60 bits per heavy atom. The Hall–Kier alpha value is -1.41. The van der Waals surface area contributed by atoms with Gasteiger partial charge in [0.05, 0.1) is 5.88 Å². The van der Waals surface area contributed by atoms with Crippen molar-refractivity contribution in [1.29, 1.82) is 0 Å². The van der Waals surface area contributed by atoms with Crippen LogP contribution >= 0.6 is 11.6 Å². The van der Waals surface area contributed by atoms with E-state index in [-0.39, 0.29) is 17.4 Å². The van der Waals surface area contributed by atoms with Crippen LogP contribution in [0.3, 0.4) is 0 Å². The summed E-state index contributed by atoms with van der Waals surface area (Å²) in [6.07, 6.45) is 0. The van der Waals surface area contributed by atoms with Gasteiger partial charge in [-0.1, -0.05) is 24.3 Å². The molecule has 2 nitrogen and oxygen atoms in total. The first-order chi connectivity index (χ1) is 7.16. The van der Waals surface area contributed by atoms with Gasteiger partial charge < -0.3 is 10.2 Å². The molecule has 0 amide bonds. The van der Waals surface area contributed by atoms with E-state index in [9.17, 15) is 10.2 Å². The third kappa shape index (κ3) is 1.41. The molecule has 2 N–H and O–H groups in total. The number of benzene rings is 2. The first-order valence-electron chi connectivity index (χ1n) is 4.65. The molecule has 0 heterocycles. The fourth-order valence-electron chi connectivity index (χ4n) is 1.74. The van der Waals surface area contributed by atoms with Crippen molar-refractivity contribution in [3.8, 4) is 11.5 Å². The minimum absolute atomic E-state index is 0.163. The molecule has 0 fully saturated rings. The van der Waals surface area contributed by atoms with Gasteiger partial charge in [-0.3, -0.25) is 0 Å². The van der Waals surface area contributed by atoms with Crippen molar-refractivity contribution in [2.24, 2.45) is 0 Å². The molecule has 3 heteroatoms. The molecule has 0 bridgehead atoms. The van der Waals surface area contributed by atoms with E-state index < -0.39 is 0 Å². The highest BCUT2D eigenvalue weighted by Crippen LogP contribution is 2.39. The summed E-state index contributed by atoms with van der Waals surface area (Å²) in [5.74, 6) is 0.547. The molecular weight excluding hydrogens is 212 g/mol. The Balaban J connectivity index is 2.96. The van der Waals surface area contributed by atoms with Crippen molar-refractivity contribution in [2.45, 2.75) is 12.8 Å². The van der Waals surface area contributed by atoms with Gasteiger partial charge in [0.2, 0.25) is 0 Å². The van der Waals surface area contributed by atoms with Gasteiger partial charge in [0, 0.05) is 16.3 Å². The smallest absolute Gasteiger partial charge is 0.128 e. The van der Waals surface area contributed by atoms with Crippen LogP contribution in [0.2, 0.25) is 0 Å². The van der Waals surface area contributed by atoms with Crippen LogP contribution in [0.15, 0.2) is 24.3 Å². The van der Waals surface area contributed by atoms with Crippen LogP contribution in [-0.4, -0.2) is 10.2 Å². The van der Waals surface area contributed by atoms with E-state index in [1.165, 1.54) is 0 Å². The molecule has 0 aliphatic rings. The van der Waals surface area contributed by atoms with E-state index in [1.807, 2.05) is 12.1 Å². The average molecular weight is 223 g/mol. The lowest BCUT2D eigenvalue weighted by atomic mass is 10.00. The summed E-state index contributed by atoms with van der Waals surface area (Å²) < 4.78 is 0. The topological polar surface area (TPSA) is 40.5 Å². The summed E-state index contributed by atoms with van der Waals surface area (Å²) in [6.45, 7) is 1.75. The molecule has 2 rings (SSSR count). The average Bonchev–Trinajstić information content (AvgIpc) is 2.27. The fourth-order valence-corrected chi connectivity index (χ4v) is 2.07. The number of aromatic hydroxyl groups is 2. The van der Waals surface area contributed by atoms with E-state index >= 15 is 0 Å². The second-order valence-corrected chi connectivity index (χ2v) is 3.75. The standard InChI is InChI=1S/C12H11ClO2/c1-7-10(6-13)12(15)9-5-3-2-4-8(9)11(7)14/h2-5,14-15H,6H2,1H3. The number of phenols is 2. The number of halogens is 1. The molecule has 0 aliphatic heterocycles. The molecule has 0 unspecified atom stereocenters. The van der Waals surface area contributed by atoms with Gasteiger partial charge in [0.25, 0.3) is 0 Å². The van der Waals surface area contributed by atoms with Gasteiger partial charge in [-0.05, 0) is 12.5 Å².